The maximum Gasteiger partial charge on any atom is 0.257 e. The molecule has 0 bridgehead atoms. The molecule has 2 aromatic carbocycles. The molecular formula is C23H26N4O5. The molecule has 0 aliphatic carbocycles. The maximum atomic E-state index is 12.8. The highest BCUT2D eigenvalue weighted by molar-refractivity contribution is 6.04. The summed E-state index contributed by atoms with van der Waals surface area (Å²) in [6.07, 6.45) is 1.50. The van der Waals surface area contributed by atoms with E-state index in [1.165, 1.54) is 0 Å². The highest BCUT2D eigenvalue weighted by Gasteiger charge is 2.14. The van der Waals surface area contributed by atoms with Crippen LogP contribution >= 0.6 is 0 Å². The summed E-state index contributed by atoms with van der Waals surface area (Å²) in [5, 5.41) is 23.7. The second kappa shape index (κ2) is 10.6. The van der Waals surface area contributed by atoms with Crippen LogP contribution in [0.15, 0.2) is 54.7 Å². The zero-order valence-electron chi connectivity index (χ0n) is 18.2. The number of amides is 1. The van der Waals surface area contributed by atoms with Crippen molar-refractivity contribution in [3.05, 3.63) is 65.9 Å². The number of benzene rings is 2. The first-order chi connectivity index (χ1) is 15.4. The van der Waals surface area contributed by atoms with Crippen molar-refractivity contribution >= 4 is 17.4 Å². The highest BCUT2D eigenvalue weighted by atomic mass is 16.5. The number of aromatic nitrogens is 2. The van der Waals surface area contributed by atoms with Crippen LogP contribution in [0, 0.1) is 5.41 Å². The summed E-state index contributed by atoms with van der Waals surface area (Å²) in [4.78, 5) is 12.8. The molecule has 9 heteroatoms. The van der Waals surface area contributed by atoms with Crippen LogP contribution in [0.25, 0.3) is 0 Å². The van der Waals surface area contributed by atoms with E-state index < -0.39 is 0 Å². The summed E-state index contributed by atoms with van der Waals surface area (Å²) < 4.78 is 18.5. The third-order valence-electron chi connectivity index (χ3n) is 4.43. The number of hydrogen-bond donors (Lipinski definition) is 3. The molecule has 3 rings (SSSR count). The van der Waals surface area contributed by atoms with Crippen molar-refractivity contribution in [2.75, 3.05) is 25.6 Å². The number of rotatable bonds is 10. The highest BCUT2D eigenvalue weighted by Crippen LogP contribution is 2.29. The molecule has 3 aromatic rings. The van der Waals surface area contributed by atoms with E-state index in [0.29, 0.717) is 40.8 Å². The topological polar surface area (TPSA) is 119 Å². The molecule has 0 radical (unpaired) electrons. The van der Waals surface area contributed by atoms with Crippen molar-refractivity contribution in [3.63, 3.8) is 0 Å². The van der Waals surface area contributed by atoms with Crippen LogP contribution in [0.3, 0.4) is 0 Å². The lowest BCUT2D eigenvalue weighted by Gasteiger charge is -2.16. The van der Waals surface area contributed by atoms with Gasteiger partial charge in [-0.2, -0.15) is 5.10 Å². The number of hydrogen-bond acceptors (Lipinski definition) is 7. The van der Waals surface area contributed by atoms with E-state index in [4.69, 9.17) is 24.7 Å². The molecule has 0 unspecified atom stereocenters. The first-order valence-electron chi connectivity index (χ1n) is 9.96. The average molecular weight is 438 g/mol. The van der Waals surface area contributed by atoms with Gasteiger partial charge in [0.2, 0.25) is 0 Å². The van der Waals surface area contributed by atoms with Crippen LogP contribution in [0.1, 0.15) is 22.8 Å². The number of aryl methyl sites for hydroxylation is 1. The summed E-state index contributed by atoms with van der Waals surface area (Å²) in [6.45, 7) is 1.91. The summed E-state index contributed by atoms with van der Waals surface area (Å²) >= 11 is 0. The molecule has 3 N–H and O–H groups in total. The fraction of sp³-hybridized carbons (Fsp3) is 0.261. The molecule has 1 amide bonds. The van der Waals surface area contributed by atoms with Gasteiger partial charge in [0.25, 0.3) is 5.91 Å². The Balaban J connectivity index is 1.85. The van der Waals surface area contributed by atoms with E-state index in [-0.39, 0.29) is 24.3 Å². The van der Waals surface area contributed by atoms with Gasteiger partial charge < -0.3 is 30.0 Å². The normalized spacial score (nSPS) is 11.6. The van der Waals surface area contributed by atoms with Crippen molar-refractivity contribution in [2.24, 2.45) is 7.05 Å². The number of carbonyl (C=O) groups is 1. The molecule has 1 aromatic heterocycles. The van der Waals surface area contributed by atoms with E-state index in [9.17, 15) is 4.79 Å². The lowest BCUT2D eigenvalue weighted by Crippen LogP contribution is -2.18. The number of methoxy groups -OCH3 is 1. The Morgan fingerprint density at radius 3 is 2.47 bits per heavy atom. The molecule has 168 valence electrons. The third-order valence-corrected chi connectivity index (χ3v) is 4.43. The Hall–Kier alpha value is -3.69. The largest absolute Gasteiger partial charge is 0.488 e. The van der Waals surface area contributed by atoms with Crippen LogP contribution in [-0.2, 0) is 11.8 Å². The summed E-state index contributed by atoms with van der Waals surface area (Å²) in [6, 6.07) is 13.4. The second-order valence-corrected chi connectivity index (χ2v) is 7.17. The molecule has 0 fully saturated rings. The quantitative estimate of drug-likeness (QED) is 0.418. The van der Waals surface area contributed by atoms with Gasteiger partial charge in [-0.05, 0) is 48.9 Å². The molecule has 0 saturated heterocycles. The Morgan fingerprint density at radius 2 is 1.84 bits per heavy atom. The van der Waals surface area contributed by atoms with E-state index in [2.05, 4.69) is 10.4 Å². The fourth-order valence-corrected chi connectivity index (χ4v) is 2.95. The van der Waals surface area contributed by atoms with E-state index in [1.54, 1.807) is 73.6 Å². The average Bonchev–Trinajstić information content (AvgIpc) is 3.18. The maximum absolute atomic E-state index is 12.8. The predicted molar refractivity (Wildman–Crippen MR) is 120 cm³/mol. The zero-order chi connectivity index (χ0) is 23.1. The molecule has 0 spiro atoms. The Bertz CT molecular complexity index is 1080. The van der Waals surface area contributed by atoms with Crippen molar-refractivity contribution in [2.45, 2.75) is 13.0 Å². The van der Waals surface area contributed by atoms with Gasteiger partial charge in [0.05, 0.1) is 18.9 Å². The predicted octanol–water partition coefficient (Wildman–Crippen LogP) is 3.24. The minimum atomic E-state index is -0.356. The van der Waals surface area contributed by atoms with Crippen molar-refractivity contribution < 1.29 is 24.1 Å². The van der Waals surface area contributed by atoms with Gasteiger partial charge in [0.1, 0.15) is 23.4 Å². The number of nitrogens with zero attached hydrogens (tertiary/aromatic N) is 2. The number of anilines is 1. The van der Waals surface area contributed by atoms with Gasteiger partial charge >= 0.3 is 0 Å². The minimum Gasteiger partial charge on any atom is -0.488 e. The van der Waals surface area contributed by atoms with Gasteiger partial charge in [-0.15, -0.1) is 0 Å². The van der Waals surface area contributed by atoms with E-state index in [1.807, 2.05) is 6.92 Å². The van der Waals surface area contributed by atoms with Crippen LogP contribution in [0.2, 0.25) is 0 Å². The second-order valence-electron chi connectivity index (χ2n) is 7.17. The summed E-state index contributed by atoms with van der Waals surface area (Å²) in [7, 11) is 3.35. The van der Waals surface area contributed by atoms with E-state index >= 15 is 0 Å². The van der Waals surface area contributed by atoms with Crippen molar-refractivity contribution in [3.8, 4) is 17.2 Å². The standard InChI is InChI=1S/C23H26N4O5/c1-15(14-30-3)31-19-10-17(23(29)25-22-8-9-27(2)26-22)11-20(12-19)32-18-6-4-16(5-7-18)21(24)13-28/h4-12,15,24,28H,13-14H2,1-3H3,(H,25,26,29)/t15-/m0/s1. The first-order valence-corrected chi connectivity index (χ1v) is 9.96. The molecule has 9 nitrogen and oxygen atoms in total. The lowest BCUT2D eigenvalue weighted by molar-refractivity contribution is 0.0915. The molecular weight excluding hydrogens is 412 g/mol. The minimum absolute atomic E-state index is 0.118. The third kappa shape index (κ3) is 6.16. The number of aliphatic hydroxyl groups is 1. The number of ether oxygens (including phenoxy) is 3. The monoisotopic (exact) mass is 438 g/mol. The zero-order valence-corrected chi connectivity index (χ0v) is 18.2. The Kier molecular flexibility index (Phi) is 7.58. The summed E-state index contributed by atoms with van der Waals surface area (Å²) in [5.41, 5.74) is 1.06. The molecule has 0 aliphatic rings. The van der Waals surface area contributed by atoms with E-state index in [0.717, 1.165) is 0 Å². The van der Waals surface area contributed by atoms with Crippen LogP contribution in [-0.4, -0.2) is 52.9 Å². The molecule has 0 saturated carbocycles. The molecule has 1 atom stereocenters. The summed E-state index contributed by atoms with van der Waals surface area (Å²) in [5.74, 6) is 1.45. The molecule has 32 heavy (non-hydrogen) atoms. The van der Waals surface area contributed by atoms with Crippen molar-refractivity contribution in [1.29, 1.82) is 5.41 Å². The smallest absolute Gasteiger partial charge is 0.257 e. The molecule has 1 heterocycles. The Labute approximate surface area is 186 Å². The van der Waals surface area contributed by atoms with Crippen LogP contribution in [0.4, 0.5) is 5.82 Å². The van der Waals surface area contributed by atoms with Crippen molar-refractivity contribution in [1.82, 2.24) is 9.78 Å². The van der Waals surface area contributed by atoms with Gasteiger partial charge in [-0.1, -0.05) is 0 Å². The van der Waals surface area contributed by atoms with Gasteiger partial charge in [-0.25, -0.2) is 0 Å². The SMILES string of the molecule is COC[C@H](C)Oc1cc(Oc2ccc(C(=N)CO)cc2)cc(C(=O)Nc2ccn(C)n2)c1. The number of carbonyl (C=O) groups excluding carboxylic acids is 1. The van der Waals surface area contributed by atoms with Crippen LogP contribution < -0.4 is 14.8 Å². The van der Waals surface area contributed by atoms with Gasteiger partial charge in [0, 0.05) is 38.1 Å². The molecule has 0 aliphatic heterocycles. The Morgan fingerprint density at radius 1 is 1.12 bits per heavy atom. The number of aliphatic hydroxyl groups excluding tert-OH is 1. The lowest BCUT2D eigenvalue weighted by atomic mass is 10.1. The van der Waals surface area contributed by atoms with Crippen LogP contribution in [0.5, 0.6) is 17.2 Å². The van der Waals surface area contributed by atoms with Gasteiger partial charge in [-0.3, -0.25) is 9.48 Å². The number of nitrogens with one attached hydrogen (secondary N) is 2. The first kappa shape index (κ1) is 23.0. The fourth-order valence-electron chi connectivity index (χ4n) is 2.95. The van der Waals surface area contributed by atoms with Gasteiger partial charge in [0.15, 0.2) is 5.82 Å².